The Kier molecular flexibility index (Phi) is 2.92. The van der Waals surface area contributed by atoms with Gasteiger partial charge >= 0.3 is 0 Å². The fourth-order valence-corrected chi connectivity index (χ4v) is 2.32. The van der Waals surface area contributed by atoms with Crippen molar-refractivity contribution in [3.63, 3.8) is 0 Å². The summed E-state index contributed by atoms with van der Waals surface area (Å²) in [5.41, 5.74) is 5.09. The van der Waals surface area contributed by atoms with Crippen molar-refractivity contribution in [2.45, 2.75) is 13.8 Å². The van der Waals surface area contributed by atoms with Crippen LogP contribution in [-0.2, 0) is 0 Å². The number of aryl methyl sites for hydroxylation is 2. The molecule has 0 aliphatic carbocycles. The van der Waals surface area contributed by atoms with Gasteiger partial charge in [-0.2, -0.15) is 5.26 Å². The average Bonchev–Trinajstić information content (AvgIpc) is 2.80. The second-order valence-electron chi connectivity index (χ2n) is 4.96. The molecule has 20 heavy (non-hydrogen) atoms. The van der Waals surface area contributed by atoms with Gasteiger partial charge in [0.15, 0.2) is 0 Å². The highest BCUT2D eigenvalue weighted by Crippen LogP contribution is 2.28. The lowest BCUT2D eigenvalue weighted by atomic mass is 10.1. The van der Waals surface area contributed by atoms with E-state index in [0.29, 0.717) is 5.56 Å². The third-order valence-corrected chi connectivity index (χ3v) is 3.59. The molecule has 0 aliphatic heterocycles. The zero-order valence-electron chi connectivity index (χ0n) is 11.5. The van der Waals surface area contributed by atoms with Crippen molar-refractivity contribution in [2.75, 3.05) is 5.32 Å². The summed E-state index contributed by atoms with van der Waals surface area (Å²) in [7, 11) is 0. The number of benzene rings is 2. The number of hydrogen-bond donors (Lipinski definition) is 2. The molecule has 3 aromatic rings. The minimum atomic E-state index is 0.652. The van der Waals surface area contributed by atoms with Gasteiger partial charge in [-0.05, 0) is 43.2 Å². The predicted molar refractivity (Wildman–Crippen MR) is 82.2 cm³/mol. The van der Waals surface area contributed by atoms with Crippen LogP contribution in [0.1, 0.15) is 16.7 Å². The topological polar surface area (TPSA) is 51.6 Å². The van der Waals surface area contributed by atoms with E-state index in [1.165, 1.54) is 11.1 Å². The maximum atomic E-state index is 9.37. The van der Waals surface area contributed by atoms with Gasteiger partial charge in [0.2, 0.25) is 0 Å². The van der Waals surface area contributed by atoms with Crippen LogP contribution in [0.4, 0.5) is 11.5 Å². The first-order chi connectivity index (χ1) is 9.69. The number of para-hydroxylation sites is 1. The molecule has 1 aromatic heterocycles. The molecule has 98 valence electrons. The van der Waals surface area contributed by atoms with E-state index in [-0.39, 0.29) is 0 Å². The van der Waals surface area contributed by atoms with Gasteiger partial charge < -0.3 is 10.3 Å². The molecule has 0 aliphatic rings. The summed E-state index contributed by atoms with van der Waals surface area (Å²) in [6, 6.07) is 16.3. The van der Waals surface area contributed by atoms with Crippen LogP contribution in [0.15, 0.2) is 42.5 Å². The summed E-state index contributed by atoms with van der Waals surface area (Å²) in [6.45, 7) is 4.17. The number of H-pyrrole nitrogens is 1. The van der Waals surface area contributed by atoms with Gasteiger partial charge in [0.05, 0.1) is 0 Å². The van der Waals surface area contributed by atoms with E-state index >= 15 is 0 Å². The number of fused-ring (bicyclic) bond motifs is 1. The number of nitrogens with one attached hydrogen (secondary N) is 2. The molecule has 3 nitrogen and oxygen atoms in total. The molecule has 3 heteroatoms. The van der Waals surface area contributed by atoms with Crippen LogP contribution in [0.25, 0.3) is 10.9 Å². The van der Waals surface area contributed by atoms with Gasteiger partial charge in [-0.25, -0.2) is 0 Å². The largest absolute Gasteiger partial charge is 0.341 e. The second kappa shape index (κ2) is 4.75. The minimum absolute atomic E-state index is 0.652. The summed E-state index contributed by atoms with van der Waals surface area (Å²) >= 11 is 0. The monoisotopic (exact) mass is 261 g/mol. The Bertz CT molecular complexity index is 822. The van der Waals surface area contributed by atoms with Crippen molar-refractivity contribution in [2.24, 2.45) is 0 Å². The first-order valence-electron chi connectivity index (χ1n) is 6.54. The van der Waals surface area contributed by atoms with Crippen LogP contribution in [0.2, 0.25) is 0 Å². The van der Waals surface area contributed by atoms with Crippen molar-refractivity contribution in [3.05, 3.63) is 59.2 Å². The molecule has 0 spiro atoms. The fraction of sp³-hybridized carbons (Fsp3) is 0.118. The van der Waals surface area contributed by atoms with E-state index in [4.69, 9.17) is 0 Å². The van der Waals surface area contributed by atoms with Crippen LogP contribution >= 0.6 is 0 Å². The normalized spacial score (nSPS) is 10.4. The van der Waals surface area contributed by atoms with Crippen molar-refractivity contribution < 1.29 is 0 Å². The minimum Gasteiger partial charge on any atom is -0.341 e. The van der Waals surface area contributed by atoms with Crippen molar-refractivity contribution in [1.29, 1.82) is 5.26 Å². The highest BCUT2D eigenvalue weighted by molar-refractivity contribution is 5.92. The Labute approximate surface area is 117 Å². The second-order valence-corrected chi connectivity index (χ2v) is 4.96. The molecule has 0 bridgehead atoms. The van der Waals surface area contributed by atoms with Crippen molar-refractivity contribution in [1.82, 2.24) is 4.98 Å². The third kappa shape index (κ3) is 2.02. The van der Waals surface area contributed by atoms with Gasteiger partial charge in [-0.15, -0.1) is 0 Å². The zero-order chi connectivity index (χ0) is 14.1. The van der Waals surface area contributed by atoms with Gasteiger partial charge in [-0.1, -0.05) is 24.3 Å². The molecular weight excluding hydrogens is 246 g/mol. The Morgan fingerprint density at radius 1 is 1.05 bits per heavy atom. The molecule has 0 unspecified atom stereocenters. The predicted octanol–water partition coefficient (Wildman–Crippen LogP) is 4.40. The third-order valence-electron chi connectivity index (χ3n) is 3.59. The molecule has 2 N–H and O–H groups in total. The van der Waals surface area contributed by atoms with Crippen LogP contribution in [0.5, 0.6) is 0 Å². The molecule has 0 atom stereocenters. The molecule has 0 saturated carbocycles. The van der Waals surface area contributed by atoms with E-state index in [0.717, 1.165) is 22.4 Å². The highest BCUT2D eigenvalue weighted by Gasteiger charge is 2.10. The summed E-state index contributed by atoms with van der Waals surface area (Å²) in [5.74, 6) is 0.747. The van der Waals surface area contributed by atoms with Gasteiger partial charge in [0.1, 0.15) is 17.5 Å². The summed E-state index contributed by atoms with van der Waals surface area (Å²) in [4.78, 5) is 3.26. The maximum absolute atomic E-state index is 9.37. The molecule has 0 fully saturated rings. The maximum Gasteiger partial charge on any atom is 0.127 e. The standard InChI is InChI=1S/C17H15N3/c1-11-7-8-13(9-12(11)2)19-17-15(10-18)14-5-3-4-6-16(14)20-17/h3-9,19-20H,1-2H3. The Morgan fingerprint density at radius 2 is 1.85 bits per heavy atom. The number of anilines is 2. The van der Waals surface area contributed by atoms with Gasteiger partial charge in [0.25, 0.3) is 0 Å². The number of rotatable bonds is 2. The van der Waals surface area contributed by atoms with Crippen molar-refractivity contribution >= 4 is 22.4 Å². The first kappa shape index (κ1) is 12.3. The van der Waals surface area contributed by atoms with E-state index in [1.54, 1.807) is 0 Å². The molecule has 0 saturated heterocycles. The Balaban J connectivity index is 2.06. The zero-order valence-corrected chi connectivity index (χ0v) is 11.5. The van der Waals surface area contributed by atoms with Crippen LogP contribution in [0.3, 0.4) is 0 Å². The highest BCUT2D eigenvalue weighted by atomic mass is 15.0. The molecule has 2 aromatic carbocycles. The van der Waals surface area contributed by atoms with Crippen LogP contribution < -0.4 is 5.32 Å². The first-order valence-corrected chi connectivity index (χ1v) is 6.54. The van der Waals surface area contributed by atoms with Crippen molar-refractivity contribution in [3.8, 4) is 6.07 Å². The van der Waals surface area contributed by atoms with Crippen LogP contribution in [0, 0.1) is 25.2 Å². The summed E-state index contributed by atoms with van der Waals surface area (Å²) in [6.07, 6.45) is 0. The lowest BCUT2D eigenvalue weighted by molar-refractivity contribution is 1.32. The SMILES string of the molecule is Cc1ccc(Nc2[nH]c3ccccc3c2C#N)cc1C. The van der Waals surface area contributed by atoms with E-state index in [1.807, 2.05) is 30.3 Å². The lowest BCUT2D eigenvalue weighted by Gasteiger charge is -2.07. The number of aromatic nitrogens is 1. The lowest BCUT2D eigenvalue weighted by Crippen LogP contribution is -1.94. The molecule has 1 heterocycles. The molecular formula is C17H15N3. The van der Waals surface area contributed by atoms with Gasteiger partial charge in [0, 0.05) is 16.6 Å². The molecule has 0 radical (unpaired) electrons. The van der Waals surface area contributed by atoms with Gasteiger partial charge in [-0.3, -0.25) is 0 Å². The quantitative estimate of drug-likeness (QED) is 0.718. The van der Waals surface area contributed by atoms with E-state index in [2.05, 4.69) is 42.4 Å². The molecule has 0 amide bonds. The van der Waals surface area contributed by atoms with E-state index in [9.17, 15) is 5.26 Å². The summed E-state index contributed by atoms with van der Waals surface area (Å²) < 4.78 is 0. The summed E-state index contributed by atoms with van der Waals surface area (Å²) in [5, 5.41) is 13.6. The van der Waals surface area contributed by atoms with Crippen LogP contribution in [-0.4, -0.2) is 4.98 Å². The average molecular weight is 261 g/mol. The number of nitriles is 1. The smallest absolute Gasteiger partial charge is 0.127 e. The van der Waals surface area contributed by atoms with E-state index < -0.39 is 0 Å². The number of aromatic amines is 1. The Morgan fingerprint density at radius 3 is 2.60 bits per heavy atom. The Hall–Kier alpha value is -2.73. The molecule has 3 rings (SSSR count). The number of nitrogens with zero attached hydrogens (tertiary/aromatic N) is 1. The fourth-order valence-electron chi connectivity index (χ4n) is 2.32. The number of hydrogen-bond acceptors (Lipinski definition) is 2.